The molecule has 0 amide bonds. The van der Waals surface area contributed by atoms with Gasteiger partial charge in [0.25, 0.3) is 0 Å². The molecule has 0 rings (SSSR count). The normalized spacial score (nSPS) is 10.7. The van der Waals surface area contributed by atoms with Gasteiger partial charge in [-0.1, -0.05) is 19.1 Å². The summed E-state index contributed by atoms with van der Waals surface area (Å²) in [7, 11) is 0. The maximum Gasteiger partial charge on any atom is 0.160 e. The van der Waals surface area contributed by atoms with Gasteiger partial charge in [-0.25, -0.2) is 0 Å². The van der Waals surface area contributed by atoms with E-state index in [2.05, 4.69) is 12.7 Å². The van der Waals surface area contributed by atoms with Crippen molar-refractivity contribution in [3.05, 3.63) is 30.0 Å². The summed E-state index contributed by atoms with van der Waals surface area (Å²) in [6.07, 6.45) is 9.59. The largest absolute Gasteiger partial charge is 0.353 e. The molecule has 0 bridgehead atoms. The fourth-order valence-electron chi connectivity index (χ4n) is 1.06. The molecule has 0 aromatic rings. The minimum atomic E-state index is -0.111. The molecule has 0 aliphatic heterocycles. The molecular weight excluding hydrogens is 188 g/mol. The molecule has 86 valence electrons. The van der Waals surface area contributed by atoms with Crippen molar-refractivity contribution in [1.29, 1.82) is 0 Å². The van der Waals surface area contributed by atoms with Crippen LogP contribution in [0.15, 0.2) is 30.0 Å². The number of hydrogen-bond acceptors (Lipinski definition) is 2. The van der Waals surface area contributed by atoms with E-state index < -0.39 is 0 Å². The van der Waals surface area contributed by atoms with E-state index in [-0.39, 0.29) is 6.29 Å². The summed E-state index contributed by atoms with van der Waals surface area (Å²) in [6, 6.07) is 0. The van der Waals surface area contributed by atoms with Gasteiger partial charge in [-0.15, -0.1) is 5.73 Å². The molecule has 0 saturated carbocycles. The third-order valence-electron chi connectivity index (χ3n) is 1.68. The van der Waals surface area contributed by atoms with Crippen LogP contribution in [0.25, 0.3) is 0 Å². The standard InChI is InChI=1S/C13H22O2/c1-4-7-8-9-10-11-12-13(14-5-2)15-6-3/h7,9-11,13H,4-6,12H2,1-3H3/b11-10-. The molecule has 2 heteroatoms. The SMILES string of the molecule is CCC=C=C/C=C\CC(OCC)OCC. The lowest BCUT2D eigenvalue weighted by atomic mass is 10.3. The van der Waals surface area contributed by atoms with Crippen LogP contribution in [0.2, 0.25) is 0 Å². The Balaban J connectivity index is 3.81. The molecule has 2 nitrogen and oxygen atoms in total. The van der Waals surface area contributed by atoms with Crippen LogP contribution < -0.4 is 0 Å². The molecule has 15 heavy (non-hydrogen) atoms. The van der Waals surface area contributed by atoms with Crippen LogP contribution in [0.3, 0.4) is 0 Å². The maximum absolute atomic E-state index is 5.39. The molecule has 0 heterocycles. The summed E-state index contributed by atoms with van der Waals surface area (Å²) in [5, 5.41) is 0. The fourth-order valence-corrected chi connectivity index (χ4v) is 1.06. The smallest absolute Gasteiger partial charge is 0.160 e. The van der Waals surface area contributed by atoms with E-state index in [1.165, 1.54) is 0 Å². The van der Waals surface area contributed by atoms with Gasteiger partial charge < -0.3 is 9.47 Å². The fraction of sp³-hybridized carbons (Fsp3) is 0.615. The highest BCUT2D eigenvalue weighted by atomic mass is 16.7. The molecule has 0 radical (unpaired) electrons. The monoisotopic (exact) mass is 210 g/mol. The van der Waals surface area contributed by atoms with Gasteiger partial charge in [-0.05, 0) is 32.4 Å². The van der Waals surface area contributed by atoms with Gasteiger partial charge in [0.2, 0.25) is 0 Å². The number of ether oxygens (including phenoxy) is 2. The van der Waals surface area contributed by atoms with Crippen LogP contribution >= 0.6 is 0 Å². The van der Waals surface area contributed by atoms with E-state index in [4.69, 9.17) is 9.47 Å². The zero-order valence-electron chi connectivity index (χ0n) is 10.0. The highest BCUT2D eigenvalue weighted by Crippen LogP contribution is 2.01. The van der Waals surface area contributed by atoms with Crippen LogP contribution in [-0.2, 0) is 9.47 Å². The molecule has 0 aliphatic rings. The van der Waals surface area contributed by atoms with Crippen molar-refractivity contribution < 1.29 is 9.47 Å². The zero-order valence-corrected chi connectivity index (χ0v) is 10.0. The molecule has 0 aromatic carbocycles. The minimum Gasteiger partial charge on any atom is -0.353 e. The zero-order chi connectivity index (χ0) is 11.4. The lowest BCUT2D eigenvalue weighted by Crippen LogP contribution is -2.16. The van der Waals surface area contributed by atoms with Gasteiger partial charge >= 0.3 is 0 Å². The van der Waals surface area contributed by atoms with E-state index in [9.17, 15) is 0 Å². The Labute approximate surface area is 93.3 Å². The average Bonchev–Trinajstić information content (AvgIpc) is 2.24. The van der Waals surface area contributed by atoms with E-state index in [1.807, 2.05) is 38.2 Å². The van der Waals surface area contributed by atoms with Gasteiger partial charge in [0.05, 0.1) is 0 Å². The highest BCUT2D eigenvalue weighted by Gasteiger charge is 2.03. The summed E-state index contributed by atoms with van der Waals surface area (Å²) in [5.41, 5.74) is 3.05. The van der Waals surface area contributed by atoms with E-state index >= 15 is 0 Å². The van der Waals surface area contributed by atoms with Crippen molar-refractivity contribution in [2.75, 3.05) is 13.2 Å². The molecule has 0 spiro atoms. The summed E-state index contributed by atoms with van der Waals surface area (Å²) in [5.74, 6) is 0. The Bertz CT molecular complexity index is 207. The molecule has 0 atom stereocenters. The van der Waals surface area contributed by atoms with Gasteiger partial charge in [-0.2, -0.15) is 0 Å². The first-order valence-electron chi connectivity index (χ1n) is 5.64. The lowest BCUT2D eigenvalue weighted by molar-refractivity contribution is -0.133. The van der Waals surface area contributed by atoms with Gasteiger partial charge in [0.15, 0.2) is 6.29 Å². The topological polar surface area (TPSA) is 18.5 Å². The summed E-state index contributed by atoms with van der Waals surface area (Å²) >= 11 is 0. The molecule has 0 aliphatic carbocycles. The third-order valence-corrected chi connectivity index (χ3v) is 1.68. The Morgan fingerprint density at radius 2 is 1.80 bits per heavy atom. The Hall–Kier alpha value is -0.820. The van der Waals surface area contributed by atoms with Gasteiger partial charge in [0.1, 0.15) is 0 Å². The molecule has 0 unspecified atom stereocenters. The Kier molecular flexibility index (Phi) is 10.6. The number of allylic oxidation sites excluding steroid dienone is 2. The average molecular weight is 210 g/mol. The predicted octanol–water partition coefficient (Wildman–Crippen LogP) is 3.45. The predicted molar refractivity (Wildman–Crippen MR) is 63.7 cm³/mol. The van der Waals surface area contributed by atoms with Crippen molar-refractivity contribution in [3.63, 3.8) is 0 Å². The van der Waals surface area contributed by atoms with Crippen LogP contribution in [0.4, 0.5) is 0 Å². The van der Waals surface area contributed by atoms with Crippen molar-refractivity contribution in [2.45, 2.75) is 39.9 Å². The van der Waals surface area contributed by atoms with Crippen LogP contribution in [0, 0.1) is 0 Å². The van der Waals surface area contributed by atoms with E-state index in [0.717, 1.165) is 12.8 Å². The van der Waals surface area contributed by atoms with E-state index in [1.54, 1.807) is 0 Å². The molecular formula is C13H22O2. The van der Waals surface area contributed by atoms with Crippen molar-refractivity contribution >= 4 is 0 Å². The molecule has 0 saturated heterocycles. The Morgan fingerprint density at radius 1 is 1.13 bits per heavy atom. The Morgan fingerprint density at radius 3 is 2.33 bits per heavy atom. The molecule has 0 N–H and O–H groups in total. The second-order valence-corrected chi connectivity index (χ2v) is 2.95. The summed E-state index contributed by atoms with van der Waals surface area (Å²) in [4.78, 5) is 0. The number of hydrogen-bond donors (Lipinski definition) is 0. The van der Waals surface area contributed by atoms with Gasteiger partial charge in [-0.3, -0.25) is 0 Å². The van der Waals surface area contributed by atoms with Crippen LogP contribution in [0.5, 0.6) is 0 Å². The van der Waals surface area contributed by atoms with Crippen molar-refractivity contribution in [3.8, 4) is 0 Å². The summed E-state index contributed by atoms with van der Waals surface area (Å²) in [6.45, 7) is 7.40. The lowest BCUT2D eigenvalue weighted by Gasteiger charge is -2.14. The number of rotatable bonds is 8. The second kappa shape index (κ2) is 11.3. The maximum atomic E-state index is 5.39. The first-order chi connectivity index (χ1) is 7.35. The van der Waals surface area contributed by atoms with E-state index in [0.29, 0.717) is 13.2 Å². The van der Waals surface area contributed by atoms with Crippen molar-refractivity contribution in [2.24, 2.45) is 0 Å². The second-order valence-electron chi connectivity index (χ2n) is 2.95. The van der Waals surface area contributed by atoms with Crippen LogP contribution in [0.1, 0.15) is 33.6 Å². The molecule has 0 aromatic heterocycles. The minimum absolute atomic E-state index is 0.111. The third kappa shape index (κ3) is 9.48. The molecule has 0 fully saturated rings. The first kappa shape index (κ1) is 14.2. The quantitative estimate of drug-likeness (QED) is 0.347. The first-order valence-corrected chi connectivity index (χ1v) is 5.64. The van der Waals surface area contributed by atoms with Gasteiger partial charge in [0, 0.05) is 19.6 Å². The van der Waals surface area contributed by atoms with Crippen molar-refractivity contribution in [1.82, 2.24) is 0 Å². The van der Waals surface area contributed by atoms with Crippen LogP contribution in [-0.4, -0.2) is 19.5 Å². The highest BCUT2D eigenvalue weighted by molar-refractivity contribution is 5.02. The summed E-state index contributed by atoms with van der Waals surface area (Å²) < 4.78 is 10.8.